The first-order chi connectivity index (χ1) is 6.82. The average Bonchev–Trinajstić information content (AvgIpc) is 2.14. The van der Waals surface area contributed by atoms with E-state index < -0.39 is 19.8 Å². The lowest BCUT2D eigenvalue weighted by atomic mass is 10.1. The Hall–Kier alpha value is -0.880. The number of benzene rings is 1. The monoisotopic (exact) mass is 291 g/mol. The van der Waals surface area contributed by atoms with Crippen molar-refractivity contribution >= 4 is 37.2 Å². The molecule has 0 heterocycles. The molecule has 0 aliphatic carbocycles. The van der Waals surface area contributed by atoms with Crippen LogP contribution in [0, 0.1) is 0 Å². The number of carbonyl (C=O) groups excluding carboxylic acids is 1. The quantitative estimate of drug-likeness (QED) is 0.516. The SMILES string of the molecule is CS(=O)(=O)C(Br)C(=O)c1cccc(N)c1. The lowest BCUT2D eigenvalue weighted by Crippen LogP contribution is -2.23. The zero-order valence-corrected chi connectivity index (χ0v) is 10.4. The summed E-state index contributed by atoms with van der Waals surface area (Å²) in [5.41, 5.74) is 6.19. The minimum atomic E-state index is -3.44. The molecule has 1 atom stereocenters. The molecule has 15 heavy (non-hydrogen) atoms. The molecule has 0 bridgehead atoms. The summed E-state index contributed by atoms with van der Waals surface area (Å²) < 4.78 is 21.0. The van der Waals surface area contributed by atoms with E-state index in [4.69, 9.17) is 5.73 Å². The van der Waals surface area contributed by atoms with Crippen LogP contribution in [0.4, 0.5) is 5.69 Å². The number of sulfone groups is 1. The van der Waals surface area contributed by atoms with Gasteiger partial charge in [0.15, 0.2) is 19.8 Å². The van der Waals surface area contributed by atoms with E-state index in [1.54, 1.807) is 12.1 Å². The third-order valence-electron chi connectivity index (χ3n) is 1.75. The summed E-state index contributed by atoms with van der Waals surface area (Å²) in [5, 5.41) is 0. The molecule has 1 unspecified atom stereocenters. The second kappa shape index (κ2) is 4.32. The molecule has 0 saturated heterocycles. The lowest BCUT2D eigenvalue weighted by molar-refractivity contribution is 0.101. The molecule has 1 rings (SSSR count). The van der Waals surface area contributed by atoms with Gasteiger partial charge in [-0.25, -0.2) is 8.42 Å². The molecular weight excluding hydrogens is 282 g/mol. The maximum absolute atomic E-state index is 11.7. The Morgan fingerprint density at radius 2 is 2.07 bits per heavy atom. The van der Waals surface area contributed by atoms with Crippen molar-refractivity contribution in [3.05, 3.63) is 29.8 Å². The number of nitrogen functional groups attached to an aromatic ring is 1. The van der Waals surface area contributed by atoms with Crippen molar-refractivity contribution < 1.29 is 13.2 Å². The topological polar surface area (TPSA) is 77.2 Å². The Bertz CT molecular complexity index is 484. The van der Waals surface area contributed by atoms with E-state index in [1.165, 1.54) is 12.1 Å². The van der Waals surface area contributed by atoms with Crippen molar-refractivity contribution in [2.75, 3.05) is 12.0 Å². The van der Waals surface area contributed by atoms with E-state index in [1.807, 2.05) is 0 Å². The molecule has 0 saturated carbocycles. The standard InChI is InChI=1S/C9H10BrNO3S/c1-15(13,14)9(10)8(12)6-3-2-4-7(11)5-6/h2-5,9H,11H2,1H3. The minimum absolute atomic E-state index is 0.280. The van der Waals surface area contributed by atoms with Crippen molar-refractivity contribution in [3.63, 3.8) is 0 Å². The van der Waals surface area contributed by atoms with Crippen molar-refractivity contribution in [1.29, 1.82) is 0 Å². The zero-order chi connectivity index (χ0) is 11.6. The van der Waals surface area contributed by atoms with E-state index in [0.29, 0.717) is 5.69 Å². The fourth-order valence-electron chi connectivity index (χ4n) is 1.02. The number of nitrogens with two attached hydrogens (primary N) is 1. The molecule has 0 aromatic heterocycles. The Balaban J connectivity index is 3.06. The second-order valence-corrected chi connectivity index (χ2v) is 6.79. The van der Waals surface area contributed by atoms with Crippen LogP contribution in [0.15, 0.2) is 24.3 Å². The number of alkyl halides is 1. The van der Waals surface area contributed by atoms with E-state index in [2.05, 4.69) is 15.9 Å². The normalized spacial score (nSPS) is 13.5. The number of ketones is 1. The van der Waals surface area contributed by atoms with Crippen LogP contribution >= 0.6 is 15.9 Å². The van der Waals surface area contributed by atoms with Crippen molar-refractivity contribution in [3.8, 4) is 0 Å². The highest BCUT2D eigenvalue weighted by atomic mass is 79.9. The van der Waals surface area contributed by atoms with Gasteiger partial charge in [0.2, 0.25) is 0 Å². The van der Waals surface area contributed by atoms with Gasteiger partial charge in [-0.05, 0) is 12.1 Å². The van der Waals surface area contributed by atoms with Gasteiger partial charge >= 0.3 is 0 Å². The van der Waals surface area contributed by atoms with Gasteiger partial charge in [0.1, 0.15) is 0 Å². The molecule has 0 aliphatic heterocycles. The Morgan fingerprint density at radius 3 is 2.53 bits per heavy atom. The number of Topliss-reactive ketones (excluding diaryl/α,β-unsaturated/α-hetero) is 1. The largest absolute Gasteiger partial charge is 0.399 e. The van der Waals surface area contributed by atoms with Gasteiger partial charge in [0.05, 0.1) is 0 Å². The summed E-state index contributed by atoms with van der Waals surface area (Å²) in [6.45, 7) is 0. The summed E-state index contributed by atoms with van der Waals surface area (Å²) in [6.07, 6.45) is 0.997. The molecule has 0 aliphatic rings. The van der Waals surface area contributed by atoms with E-state index in [9.17, 15) is 13.2 Å². The molecule has 4 nitrogen and oxygen atoms in total. The van der Waals surface area contributed by atoms with Crippen LogP contribution < -0.4 is 5.73 Å². The van der Waals surface area contributed by atoms with Gasteiger partial charge in [0, 0.05) is 17.5 Å². The van der Waals surface area contributed by atoms with Crippen molar-refractivity contribution in [2.24, 2.45) is 0 Å². The summed E-state index contributed by atoms with van der Waals surface area (Å²) in [4.78, 5) is 11.7. The van der Waals surface area contributed by atoms with Crippen LogP contribution in [0.5, 0.6) is 0 Å². The maximum atomic E-state index is 11.7. The number of anilines is 1. The van der Waals surface area contributed by atoms with Crippen LogP contribution in [0.25, 0.3) is 0 Å². The first-order valence-corrected chi connectivity index (χ1v) is 6.92. The summed E-state index contributed by atoms with van der Waals surface area (Å²) in [5.74, 6) is -0.509. The van der Waals surface area contributed by atoms with E-state index in [0.717, 1.165) is 6.26 Å². The highest BCUT2D eigenvalue weighted by Gasteiger charge is 2.26. The van der Waals surface area contributed by atoms with Crippen LogP contribution in [-0.2, 0) is 9.84 Å². The summed E-state index contributed by atoms with van der Waals surface area (Å²) in [6, 6.07) is 6.20. The molecular formula is C9H10BrNO3S. The Morgan fingerprint density at radius 1 is 1.47 bits per heavy atom. The van der Waals surface area contributed by atoms with Gasteiger partial charge in [-0.2, -0.15) is 0 Å². The van der Waals surface area contributed by atoms with Crippen LogP contribution in [0.1, 0.15) is 10.4 Å². The lowest BCUT2D eigenvalue weighted by Gasteiger charge is -2.06. The second-order valence-electron chi connectivity index (χ2n) is 3.14. The molecule has 6 heteroatoms. The molecule has 0 amide bonds. The average molecular weight is 292 g/mol. The Labute approximate surface area is 96.5 Å². The molecule has 2 N–H and O–H groups in total. The molecule has 0 spiro atoms. The molecule has 1 aromatic carbocycles. The molecule has 1 aromatic rings. The van der Waals surface area contributed by atoms with Gasteiger partial charge < -0.3 is 5.73 Å². The van der Waals surface area contributed by atoms with Crippen molar-refractivity contribution in [2.45, 2.75) is 4.16 Å². The predicted molar refractivity (Wildman–Crippen MR) is 62.7 cm³/mol. The molecule has 82 valence electrons. The predicted octanol–water partition coefficient (Wildman–Crippen LogP) is 1.22. The number of rotatable bonds is 3. The van der Waals surface area contributed by atoms with Crippen LogP contribution in [0.3, 0.4) is 0 Å². The molecule has 0 radical (unpaired) electrons. The number of hydrogen-bond acceptors (Lipinski definition) is 4. The third-order valence-corrected chi connectivity index (χ3v) is 5.17. The van der Waals surface area contributed by atoms with Crippen LogP contribution in [0.2, 0.25) is 0 Å². The minimum Gasteiger partial charge on any atom is -0.399 e. The van der Waals surface area contributed by atoms with E-state index >= 15 is 0 Å². The highest BCUT2D eigenvalue weighted by Crippen LogP contribution is 2.16. The maximum Gasteiger partial charge on any atom is 0.191 e. The van der Waals surface area contributed by atoms with Gasteiger partial charge in [-0.3, -0.25) is 4.79 Å². The number of hydrogen-bond donors (Lipinski definition) is 1. The fraction of sp³-hybridized carbons (Fsp3) is 0.222. The number of carbonyl (C=O) groups is 1. The number of halogens is 1. The summed E-state index contributed by atoms with van der Waals surface area (Å²) in [7, 11) is -3.44. The third kappa shape index (κ3) is 3.04. The zero-order valence-electron chi connectivity index (χ0n) is 7.98. The molecule has 0 fully saturated rings. The van der Waals surface area contributed by atoms with Crippen LogP contribution in [-0.4, -0.2) is 24.6 Å². The van der Waals surface area contributed by atoms with Gasteiger partial charge in [-0.15, -0.1) is 0 Å². The van der Waals surface area contributed by atoms with Crippen molar-refractivity contribution in [1.82, 2.24) is 0 Å². The first-order valence-electron chi connectivity index (χ1n) is 4.05. The highest BCUT2D eigenvalue weighted by molar-refractivity contribution is 9.11. The Kier molecular flexibility index (Phi) is 3.51. The smallest absolute Gasteiger partial charge is 0.191 e. The van der Waals surface area contributed by atoms with Gasteiger partial charge in [-0.1, -0.05) is 28.1 Å². The first kappa shape index (κ1) is 12.2. The summed E-state index contributed by atoms with van der Waals surface area (Å²) >= 11 is 2.85. The fourth-order valence-corrected chi connectivity index (χ4v) is 1.81. The van der Waals surface area contributed by atoms with E-state index in [-0.39, 0.29) is 5.56 Å². The van der Waals surface area contributed by atoms with Gasteiger partial charge in [0.25, 0.3) is 0 Å².